The molecule has 1 aromatic heterocycles. The Morgan fingerprint density at radius 2 is 1.93 bits per heavy atom. The van der Waals surface area contributed by atoms with E-state index in [2.05, 4.69) is 45.5 Å². The highest BCUT2D eigenvalue weighted by Crippen LogP contribution is 2.28. The molecule has 28 heavy (non-hydrogen) atoms. The van der Waals surface area contributed by atoms with E-state index in [0.717, 1.165) is 37.7 Å². The molecule has 0 saturated carbocycles. The van der Waals surface area contributed by atoms with Crippen LogP contribution in [-0.4, -0.2) is 29.6 Å². The molecule has 3 aromatic rings. The summed E-state index contributed by atoms with van der Waals surface area (Å²) in [6, 6.07) is 19.8. The van der Waals surface area contributed by atoms with Gasteiger partial charge in [0.25, 0.3) is 0 Å². The predicted octanol–water partition coefficient (Wildman–Crippen LogP) is 5.71. The second-order valence-corrected chi connectivity index (χ2v) is 7.65. The van der Waals surface area contributed by atoms with Crippen LogP contribution in [0.15, 0.2) is 66.9 Å². The first-order valence-corrected chi connectivity index (χ1v) is 9.99. The Balaban J connectivity index is 1.37. The van der Waals surface area contributed by atoms with Gasteiger partial charge in [-0.15, -0.1) is 0 Å². The van der Waals surface area contributed by atoms with E-state index in [0.29, 0.717) is 10.0 Å². The SMILES string of the molecule is Clc1ccc(Nc2ccc(CN3CCO[C@@H](c4ccccc4)C3)cn2)c(Cl)c1. The van der Waals surface area contributed by atoms with Gasteiger partial charge in [-0.05, 0) is 35.4 Å². The van der Waals surface area contributed by atoms with E-state index in [9.17, 15) is 0 Å². The molecule has 0 amide bonds. The lowest BCUT2D eigenvalue weighted by Crippen LogP contribution is -2.37. The Morgan fingerprint density at radius 3 is 2.68 bits per heavy atom. The second kappa shape index (κ2) is 8.93. The summed E-state index contributed by atoms with van der Waals surface area (Å²) in [7, 11) is 0. The van der Waals surface area contributed by atoms with E-state index in [1.54, 1.807) is 12.1 Å². The first-order valence-electron chi connectivity index (χ1n) is 9.23. The third-order valence-corrected chi connectivity index (χ3v) is 5.29. The van der Waals surface area contributed by atoms with Gasteiger partial charge >= 0.3 is 0 Å². The van der Waals surface area contributed by atoms with Crippen molar-refractivity contribution in [1.82, 2.24) is 9.88 Å². The maximum atomic E-state index is 6.21. The van der Waals surface area contributed by atoms with Crippen LogP contribution in [0.5, 0.6) is 0 Å². The van der Waals surface area contributed by atoms with Gasteiger partial charge in [-0.3, -0.25) is 4.90 Å². The third kappa shape index (κ3) is 4.83. The monoisotopic (exact) mass is 413 g/mol. The maximum absolute atomic E-state index is 6.21. The lowest BCUT2D eigenvalue weighted by atomic mass is 10.1. The van der Waals surface area contributed by atoms with Crippen molar-refractivity contribution in [2.45, 2.75) is 12.6 Å². The van der Waals surface area contributed by atoms with Crippen molar-refractivity contribution in [3.63, 3.8) is 0 Å². The normalized spacial score (nSPS) is 17.4. The summed E-state index contributed by atoms with van der Waals surface area (Å²) in [6.45, 7) is 3.39. The maximum Gasteiger partial charge on any atom is 0.130 e. The van der Waals surface area contributed by atoms with E-state index in [1.165, 1.54) is 11.1 Å². The Bertz CT molecular complexity index is 919. The van der Waals surface area contributed by atoms with Crippen LogP contribution < -0.4 is 5.32 Å². The number of halogens is 2. The van der Waals surface area contributed by atoms with Gasteiger partial charge in [0.1, 0.15) is 5.82 Å². The molecule has 144 valence electrons. The largest absolute Gasteiger partial charge is 0.371 e. The molecule has 0 spiro atoms. The Labute approximate surface area is 175 Å². The summed E-state index contributed by atoms with van der Waals surface area (Å²) in [5, 5.41) is 4.40. The molecule has 1 N–H and O–H groups in total. The first kappa shape index (κ1) is 19.2. The average Bonchev–Trinajstić information content (AvgIpc) is 2.72. The van der Waals surface area contributed by atoms with Gasteiger partial charge in [0.15, 0.2) is 0 Å². The number of anilines is 2. The number of nitrogens with zero attached hydrogens (tertiary/aromatic N) is 2. The van der Waals surface area contributed by atoms with Crippen LogP contribution in [0.3, 0.4) is 0 Å². The molecule has 0 radical (unpaired) electrons. The summed E-state index contributed by atoms with van der Waals surface area (Å²) in [4.78, 5) is 6.92. The van der Waals surface area contributed by atoms with Crippen molar-refractivity contribution in [3.8, 4) is 0 Å². The fraction of sp³-hybridized carbons (Fsp3) is 0.227. The minimum atomic E-state index is 0.121. The number of nitrogens with one attached hydrogen (secondary N) is 1. The zero-order chi connectivity index (χ0) is 19.3. The Kier molecular flexibility index (Phi) is 6.13. The number of hydrogen-bond acceptors (Lipinski definition) is 4. The number of morpholine rings is 1. The number of rotatable bonds is 5. The van der Waals surface area contributed by atoms with Gasteiger partial charge in [0.05, 0.1) is 23.4 Å². The summed E-state index contributed by atoms with van der Waals surface area (Å²) in [6.07, 6.45) is 2.02. The van der Waals surface area contributed by atoms with E-state index in [-0.39, 0.29) is 6.10 Å². The van der Waals surface area contributed by atoms with Gasteiger partial charge in [0.2, 0.25) is 0 Å². The van der Waals surface area contributed by atoms with Crippen molar-refractivity contribution in [2.75, 3.05) is 25.0 Å². The molecular formula is C22H21Cl2N3O. The van der Waals surface area contributed by atoms with Crippen LogP contribution >= 0.6 is 23.2 Å². The van der Waals surface area contributed by atoms with Crippen LogP contribution in [0.1, 0.15) is 17.2 Å². The standard InChI is InChI=1S/C22H21Cl2N3O/c23-18-7-8-20(19(24)12-18)26-22-9-6-16(13-25-22)14-27-10-11-28-21(15-27)17-4-2-1-3-5-17/h1-9,12-13,21H,10-11,14-15H2,(H,25,26)/t21-/m1/s1. The van der Waals surface area contributed by atoms with Crippen molar-refractivity contribution in [1.29, 1.82) is 0 Å². The van der Waals surface area contributed by atoms with Crippen LogP contribution in [0.2, 0.25) is 10.0 Å². The topological polar surface area (TPSA) is 37.4 Å². The lowest BCUT2D eigenvalue weighted by Gasteiger charge is -2.33. The van der Waals surface area contributed by atoms with Gasteiger partial charge in [-0.1, -0.05) is 59.6 Å². The molecule has 4 nitrogen and oxygen atoms in total. The summed E-state index contributed by atoms with van der Waals surface area (Å²) >= 11 is 12.2. The number of aromatic nitrogens is 1. The zero-order valence-corrected chi connectivity index (χ0v) is 16.8. The quantitative estimate of drug-likeness (QED) is 0.581. The van der Waals surface area contributed by atoms with E-state index in [1.807, 2.05) is 24.4 Å². The molecule has 0 aliphatic carbocycles. The molecule has 2 aromatic carbocycles. The molecule has 6 heteroatoms. The van der Waals surface area contributed by atoms with Crippen LogP contribution in [-0.2, 0) is 11.3 Å². The molecule has 2 heterocycles. The highest BCUT2D eigenvalue weighted by atomic mass is 35.5. The molecule has 0 unspecified atom stereocenters. The highest BCUT2D eigenvalue weighted by Gasteiger charge is 2.21. The average molecular weight is 414 g/mol. The minimum Gasteiger partial charge on any atom is -0.371 e. The summed E-state index contributed by atoms with van der Waals surface area (Å²) < 4.78 is 5.95. The minimum absolute atomic E-state index is 0.121. The van der Waals surface area contributed by atoms with Gasteiger partial charge in [0, 0.05) is 30.9 Å². The first-order chi connectivity index (χ1) is 13.7. The number of ether oxygens (including phenoxy) is 1. The lowest BCUT2D eigenvalue weighted by molar-refractivity contribution is -0.0329. The van der Waals surface area contributed by atoms with Crippen LogP contribution in [0, 0.1) is 0 Å². The molecule has 1 saturated heterocycles. The molecule has 1 aliphatic rings. The van der Waals surface area contributed by atoms with Crippen molar-refractivity contribution < 1.29 is 4.74 Å². The van der Waals surface area contributed by atoms with Crippen molar-refractivity contribution >= 4 is 34.7 Å². The van der Waals surface area contributed by atoms with Gasteiger partial charge < -0.3 is 10.1 Å². The highest BCUT2D eigenvalue weighted by molar-refractivity contribution is 6.36. The van der Waals surface area contributed by atoms with E-state index in [4.69, 9.17) is 27.9 Å². The Morgan fingerprint density at radius 1 is 1.07 bits per heavy atom. The number of hydrogen-bond donors (Lipinski definition) is 1. The smallest absolute Gasteiger partial charge is 0.130 e. The number of pyridine rings is 1. The summed E-state index contributed by atoms with van der Waals surface area (Å²) in [5.74, 6) is 0.747. The van der Waals surface area contributed by atoms with Crippen LogP contribution in [0.4, 0.5) is 11.5 Å². The molecule has 1 aliphatic heterocycles. The molecule has 0 bridgehead atoms. The van der Waals surface area contributed by atoms with Crippen molar-refractivity contribution in [2.24, 2.45) is 0 Å². The predicted molar refractivity (Wildman–Crippen MR) is 114 cm³/mol. The zero-order valence-electron chi connectivity index (χ0n) is 15.3. The Hall–Kier alpha value is -2.11. The molecule has 4 rings (SSSR count). The second-order valence-electron chi connectivity index (χ2n) is 6.81. The number of benzene rings is 2. The van der Waals surface area contributed by atoms with E-state index >= 15 is 0 Å². The molecular weight excluding hydrogens is 393 g/mol. The van der Waals surface area contributed by atoms with Gasteiger partial charge in [-0.25, -0.2) is 4.98 Å². The fourth-order valence-corrected chi connectivity index (χ4v) is 3.75. The molecule has 1 atom stereocenters. The fourth-order valence-electron chi connectivity index (χ4n) is 3.29. The van der Waals surface area contributed by atoms with Gasteiger partial charge in [-0.2, -0.15) is 0 Å². The molecule has 1 fully saturated rings. The summed E-state index contributed by atoms with van der Waals surface area (Å²) in [5.41, 5.74) is 3.18. The van der Waals surface area contributed by atoms with Crippen LogP contribution in [0.25, 0.3) is 0 Å². The van der Waals surface area contributed by atoms with E-state index < -0.39 is 0 Å². The third-order valence-electron chi connectivity index (χ3n) is 4.75. The van der Waals surface area contributed by atoms with Crippen molar-refractivity contribution in [3.05, 3.63) is 88.0 Å².